The van der Waals surface area contributed by atoms with Crippen molar-refractivity contribution in [2.24, 2.45) is 0 Å². The molecule has 5 heteroatoms. The van der Waals surface area contributed by atoms with Crippen LogP contribution < -0.4 is 5.32 Å². The molecular weight excluding hydrogens is 234 g/mol. The Morgan fingerprint density at radius 3 is 2.78 bits per heavy atom. The minimum absolute atomic E-state index is 0.0199. The number of phenols is 1. The van der Waals surface area contributed by atoms with Crippen LogP contribution >= 0.6 is 0 Å². The van der Waals surface area contributed by atoms with E-state index in [1.54, 1.807) is 0 Å². The SMILES string of the molecule is CCC(C)NC(=O)COC(=O)c1cccc(O)c1. The molecular formula is C13H17NO4. The molecule has 5 nitrogen and oxygen atoms in total. The van der Waals surface area contributed by atoms with Gasteiger partial charge in [-0.15, -0.1) is 0 Å². The first kappa shape index (κ1) is 14.0. The van der Waals surface area contributed by atoms with Crippen LogP contribution in [0.4, 0.5) is 0 Å². The van der Waals surface area contributed by atoms with Gasteiger partial charge in [0.2, 0.25) is 0 Å². The maximum absolute atomic E-state index is 11.5. The van der Waals surface area contributed by atoms with Gasteiger partial charge in [0, 0.05) is 6.04 Å². The molecule has 0 saturated carbocycles. The van der Waals surface area contributed by atoms with Gasteiger partial charge in [-0.25, -0.2) is 4.79 Å². The van der Waals surface area contributed by atoms with Crippen LogP contribution in [0, 0.1) is 0 Å². The molecule has 2 N–H and O–H groups in total. The topological polar surface area (TPSA) is 75.6 Å². The Hall–Kier alpha value is -2.04. The molecule has 0 radical (unpaired) electrons. The van der Waals surface area contributed by atoms with Gasteiger partial charge in [-0.1, -0.05) is 13.0 Å². The lowest BCUT2D eigenvalue weighted by Gasteiger charge is -2.11. The largest absolute Gasteiger partial charge is 0.508 e. The molecule has 1 aromatic rings. The minimum atomic E-state index is -0.634. The van der Waals surface area contributed by atoms with Gasteiger partial charge in [0.05, 0.1) is 5.56 Å². The summed E-state index contributed by atoms with van der Waals surface area (Å²) in [6.07, 6.45) is 0.812. The van der Waals surface area contributed by atoms with Crippen LogP contribution in [-0.2, 0) is 9.53 Å². The summed E-state index contributed by atoms with van der Waals surface area (Å²) in [6.45, 7) is 3.50. The molecule has 0 fully saturated rings. The number of hydrogen-bond donors (Lipinski definition) is 2. The highest BCUT2D eigenvalue weighted by molar-refractivity contribution is 5.91. The van der Waals surface area contributed by atoms with Crippen molar-refractivity contribution in [2.75, 3.05) is 6.61 Å². The Morgan fingerprint density at radius 1 is 1.44 bits per heavy atom. The number of benzene rings is 1. The van der Waals surface area contributed by atoms with Crippen molar-refractivity contribution in [1.29, 1.82) is 0 Å². The number of carbonyl (C=O) groups is 2. The Bertz CT molecular complexity index is 431. The number of phenolic OH excluding ortho intramolecular Hbond substituents is 1. The second-order valence-corrected chi connectivity index (χ2v) is 4.00. The van der Waals surface area contributed by atoms with E-state index in [4.69, 9.17) is 4.74 Å². The van der Waals surface area contributed by atoms with Crippen molar-refractivity contribution in [3.05, 3.63) is 29.8 Å². The third-order valence-corrected chi connectivity index (χ3v) is 2.44. The molecule has 0 bridgehead atoms. The first-order valence-electron chi connectivity index (χ1n) is 5.78. The van der Waals surface area contributed by atoms with Crippen LogP contribution in [0.3, 0.4) is 0 Å². The molecule has 1 unspecified atom stereocenters. The average Bonchev–Trinajstić information content (AvgIpc) is 2.35. The molecule has 98 valence electrons. The third-order valence-electron chi connectivity index (χ3n) is 2.44. The summed E-state index contributed by atoms with van der Waals surface area (Å²) in [5.74, 6) is -0.989. The van der Waals surface area contributed by atoms with Gasteiger partial charge in [0.1, 0.15) is 5.75 Å². The zero-order valence-electron chi connectivity index (χ0n) is 10.5. The van der Waals surface area contributed by atoms with E-state index in [0.717, 1.165) is 6.42 Å². The fourth-order valence-electron chi connectivity index (χ4n) is 1.27. The predicted octanol–water partition coefficient (Wildman–Crippen LogP) is 1.46. The van der Waals surface area contributed by atoms with Crippen LogP contribution in [0.2, 0.25) is 0 Å². The number of amides is 1. The lowest BCUT2D eigenvalue weighted by Crippen LogP contribution is -2.35. The maximum atomic E-state index is 11.5. The molecule has 1 atom stereocenters. The molecule has 0 aliphatic heterocycles. The molecule has 0 heterocycles. The van der Waals surface area contributed by atoms with Gasteiger partial charge in [-0.3, -0.25) is 4.79 Å². The lowest BCUT2D eigenvalue weighted by atomic mass is 10.2. The smallest absolute Gasteiger partial charge is 0.338 e. The van der Waals surface area contributed by atoms with Crippen LogP contribution in [-0.4, -0.2) is 29.6 Å². The molecule has 1 amide bonds. The van der Waals surface area contributed by atoms with Gasteiger partial charge >= 0.3 is 5.97 Å². The highest BCUT2D eigenvalue weighted by atomic mass is 16.5. The number of ether oxygens (including phenoxy) is 1. The van der Waals surface area contributed by atoms with E-state index in [2.05, 4.69) is 5.32 Å². The number of esters is 1. The fraction of sp³-hybridized carbons (Fsp3) is 0.385. The quantitative estimate of drug-likeness (QED) is 0.777. The van der Waals surface area contributed by atoms with Gasteiger partial charge in [0.25, 0.3) is 5.91 Å². The number of hydrogen-bond acceptors (Lipinski definition) is 4. The van der Waals surface area contributed by atoms with Crippen LogP contribution in [0.15, 0.2) is 24.3 Å². The van der Waals surface area contributed by atoms with E-state index in [9.17, 15) is 14.7 Å². The zero-order chi connectivity index (χ0) is 13.5. The first-order valence-corrected chi connectivity index (χ1v) is 5.78. The van der Waals surface area contributed by atoms with Crippen molar-refractivity contribution >= 4 is 11.9 Å². The van der Waals surface area contributed by atoms with Crippen molar-refractivity contribution < 1.29 is 19.4 Å². The average molecular weight is 251 g/mol. The van der Waals surface area contributed by atoms with E-state index < -0.39 is 5.97 Å². The van der Waals surface area contributed by atoms with Gasteiger partial charge in [0.15, 0.2) is 6.61 Å². The lowest BCUT2D eigenvalue weighted by molar-refractivity contribution is -0.124. The van der Waals surface area contributed by atoms with Crippen molar-refractivity contribution in [1.82, 2.24) is 5.32 Å². The van der Waals surface area contributed by atoms with Gasteiger partial charge < -0.3 is 15.2 Å². The van der Waals surface area contributed by atoms with E-state index in [0.29, 0.717) is 0 Å². The minimum Gasteiger partial charge on any atom is -0.508 e. The summed E-state index contributed by atoms with van der Waals surface area (Å²) in [5, 5.41) is 11.9. The number of rotatable bonds is 5. The second kappa shape index (κ2) is 6.64. The summed E-state index contributed by atoms with van der Waals surface area (Å²) in [6, 6.07) is 5.83. The van der Waals surface area contributed by atoms with Crippen molar-refractivity contribution in [3.63, 3.8) is 0 Å². The highest BCUT2D eigenvalue weighted by Gasteiger charge is 2.11. The van der Waals surface area contributed by atoms with Crippen molar-refractivity contribution in [3.8, 4) is 5.75 Å². The first-order chi connectivity index (χ1) is 8.52. The van der Waals surface area contributed by atoms with E-state index >= 15 is 0 Å². The molecule has 1 aromatic carbocycles. The molecule has 0 aliphatic carbocycles. The summed E-state index contributed by atoms with van der Waals surface area (Å²) < 4.78 is 4.83. The number of carbonyl (C=O) groups excluding carboxylic acids is 2. The Balaban J connectivity index is 2.44. The molecule has 0 saturated heterocycles. The second-order valence-electron chi connectivity index (χ2n) is 4.00. The van der Waals surface area contributed by atoms with Crippen LogP contribution in [0.5, 0.6) is 5.75 Å². The molecule has 0 spiro atoms. The number of nitrogens with one attached hydrogen (secondary N) is 1. The fourth-order valence-corrected chi connectivity index (χ4v) is 1.27. The van der Waals surface area contributed by atoms with Crippen LogP contribution in [0.25, 0.3) is 0 Å². The van der Waals surface area contributed by atoms with Gasteiger partial charge in [-0.2, -0.15) is 0 Å². The third kappa shape index (κ3) is 4.45. The summed E-state index contributed by atoms with van der Waals surface area (Å²) in [5.41, 5.74) is 0.214. The number of aromatic hydroxyl groups is 1. The van der Waals surface area contributed by atoms with Crippen LogP contribution in [0.1, 0.15) is 30.6 Å². The molecule has 0 aromatic heterocycles. The maximum Gasteiger partial charge on any atom is 0.338 e. The molecule has 0 aliphatic rings. The van der Waals surface area contributed by atoms with Gasteiger partial charge in [-0.05, 0) is 31.5 Å². The summed E-state index contributed by atoms with van der Waals surface area (Å²) in [7, 11) is 0. The standard InChI is InChI=1S/C13H17NO4/c1-3-9(2)14-12(16)8-18-13(17)10-5-4-6-11(15)7-10/h4-7,9,15H,3,8H2,1-2H3,(H,14,16). The zero-order valence-corrected chi connectivity index (χ0v) is 10.5. The van der Waals surface area contributed by atoms with E-state index in [1.165, 1.54) is 24.3 Å². The molecule has 18 heavy (non-hydrogen) atoms. The highest BCUT2D eigenvalue weighted by Crippen LogP contribution is 2.11. The van der Waals surface area contributed by atoms with Crippen molar-refractivity contribution in [2.45, 2.75) is 26.3 Å². The summed E-state index contributed by atoms with van der Waals surface area (Å²) >= 11 is 0. The Labute approximate surface area is 106 Å². The van der Waals surface area contributed by atoms with E-state index in [-0.39, 0.29) is 29.9 Å². The monoisotopic (exact) mass is 251 g/mol. The Kier molecular flexibility index (Phi) is 5.17. The van der Waals surface area contributed by atoms with E-state index in [1.807, 2.05) is 13.8 Å². The predicted molar refractivity (Wildman–Crippen MR) is 66.3 cm³/mol. The normalized spacial score (nSPS) is 11.7. The molecule has 1 rings (SSSR count). The Morgan fingerprint density at radius 2 is 2.17 bits per heavy atom. The summed E-state index contributed by atoms with van der Waals surface area (Å²) in [4.78, 5) is 22.9.